The van der Waals surface area contributed by atoms with Gasteiger partial charge in [0, 0.05) is 0 Å². The fraction of sp³-hybridized carbons (Fsp3) is 0.500. The molecule has 0 saturated heterocycles. The van der Waals surface area contributed by atoms with Crippen molar-refractivity contribution in [2.75, 3.05) is 0 Å². The van der Waals surface area contributed by atoms with E-state index in [1.165, 1.54) is 0 Å². The number of rotatable bonds is 3. The molecule has 0 aromatic carbocycles. The Morgan fingerprint density at radius 3 is 2.50 bits per heavy atom. The fourth-order valence-corrected chi connectivity index (χ4v) is 0.566. The Bertz CT molecular complexity index is 70.9. The highest BCUT2D eigenvalue weighted by molar-refractivity contribution is 6.36. The van der Waals surface area contributed by atoms with Gasteiger partial charge in [-0.3, -0.25) is 0 Å². The summed E-state index contributed by atoms with van der Waals surface area (Å²) in [7, 11) is 0. The lowest BCUT2D eigenvalue weighted by Crippen LogP contribution is -2.00. The molecule has 0 nitrogen and oxygen atoms in total. The van der Waals surface area contributed by atoms with E-state index in [0.29, 0.717) is 5.38 Å². The van der Waals surface area contributed by atoms with Crippen LogP contribution in [-0.4, -0.2) is 5.38 Å². The van der Waals surface area contributed by atoms with Gasteiger partial charge in [0.05, 0.1) is 5.38 Å². The Kier molecular flexibility index (Phi) is 4.39. The molecule has 0 spiro atoms. The summed E-state index contributed by atoms with van der Waals surface area (Å²) in [5, 5.41) is 0.586. The summed E-state index contributed by atoms with van der Waals surface area (Å²) in [6.45, 7) is 5.45. The Labute approximate surface area is 60.5 Å². The summed E-state index contributed by atoms with van der Waals surface area (Å²) in [5.41, 5.74) is 0. The largest absolute Gasteiger partial charge is 0.121 e. The minimum absolute atomic E-state index is 0.0471. The fourth-order valence-electron chi connectivity index (χ4n) is 0.323. The van der Waals surface area contributed by atoms with Crippen LogP contribution in [0, 0.1) is 5.38 Å². The van der Waals surface area contributed by atoms with Gasteiger partial charge in [-0.15, -0.1) is 29.8 Å². The third-order valence-electron chi connectivity index (χ3n) is 0.853. The summed E-state index contributed by atoms with van der Waals surface area (Å²) >= 11 is 11.3. The van der Waals surface area contributed by atoms with E-state index >= 15 is 0 Å². The highest BCUT2D eigenvalue weighted by Gasteiger charge is 2.10. The molecule has 0 bridgehead atoms. The molecule has 1 atom stereocenters. The second-order valence-corrected chi connectivity index (χ2v) is 2.43. The molecule has 0 heterocycles. The summed E-state index contributed by atoms with van der Waals surface area (Å²) in [6.07, 6.45) is 2.43. The molecule has 2 heteroatoms. The van der Waals surface area contributed by atoms with Crippen molar-refractivity contribution >= 4 is 23.2 Å². The van der Waals surface area contributed by atoms with Crippen LogP contribution in [0.25, 0.3) is 0 Å². The van der Waals surface area contributed by atoms with Crippen molar-refractivity contribution in [3.63, 3.8) is 0 Å². The Hall–Kier alpha value is 0.320. The maximum atomic E-state index is 5.68. The van der Waals surface area contributed by atoms with E-state index in [-0.39, 0.29) is 5.38 Å². The molecule has 0 aliphatic heterocycles. The zero-order valence-corrected chi connectivity index (χ0v) is 6.34. The molecule has 0 aromatic heterocycles. The molecule has 8 heavy (non-hydrogen) atoms. The Morgan fingerprint density at radius 1 is 1.88 bits per heavy atom. The number of halogens is 2. The average Bonchev–Trinajstić information content (AvgIpc) is 1.84. The van der Waals surface area contributed by atoms with Crippen molar-refractivity contribution in [3.05, 3.63) is 18.0 Å². The normalized spacial score (nSPS) is 14.0. The molecule has 47 valence electrons. The summed E-state index contributed by atoms with van der Waals surface area (Å²) in [4.78, 5) is 0. The smallest absolute Gasteiger partial charge is 0.103 e. The highest BCUT2D eigenvalue weighted by atomic mass is 35.5. The molecule has 0 aromatic rings. The summed E-state index contributed by atoms with van der Waals surface area (Å²) in [5.74, 6) is 0. The standard InChI is InChI=1S/C6H9Cl2/c1-3-5(7)6(8)4-2/h3,6H,1,4H2,2H3. The maximum absolute atomic E-state index is 5.68. The van der Waals surface area contributed by atoms with E-state index in [2.05, 4.69) is 6.58 Å². The van der Waals surface area contributed by atoms with Gasteiger partial charge in [-0.2, -0.15) is 0 Å². The van der Waals surface area contributed by atoms with Crippen molar-refractivity contribution in [2.45, 2.75) is 18.7 Å². The van der Waals surface area contributed by atoms with E-state index < -0.39 is 0 Å². The molecule has 1 unspecified atom stereocenters. The minimum Gasteiger partial charge on any atom is -0.121 e. The van der Waals surface area contributed by atoms with Crippen LogP contribution in [0.2, 0.25) is 0 Å². The zero-order chi connectivity index (χ0) is 6.57. The lowest BCUT2D eigenvalue weighted by Gasteiger charge is -2.05. The van der Waals surface area contributed by atoms with Gasteiger partial charge in [0.15, 0.2) is 0 Å². The lowest BCUT2D eigenvalue weighted by molar-refractivity contribution is 0.911. The average molecular weight is 152 g/mol. The van der Waals surface area contributed by atoms with Gasteiger partial charge in [0.25, 0.3) is 0 Å². The van der Waals surface area contributed by atoms with Gasteiger partial charge >= 0.3 is 0 Å². The van der Waals surface area contributed by atoms with E-state index in [0.717, 1.165) is 6.42 Å². The van der Waals surface area contributed by atoms with E-state index in [1.807, 2.05) is 6.92 Å². The van der Waals surface area contributed by atoms with Crippen LogP contribution in [0.4, 0.5) is 0 Å². The van der Waals surface area contributed by atoms with E-state index in [9.17, 15) is 0 Å². The van der Waals surface area contributed by atoms with Gasteiger partial charge < -0.3 is 0 Å². The van der Waals surface area contributed by atoms with Gasteiger partial charge in [-0.05, 0) is 6.42 Å². The first-order chi connectivity index (χ1) is 3.72. The van der Waals surface area contributed by atoms with Crippen molar-refractivity contribution in [1.82, 2.24) is 0 Å². The topological polar surface area (TPSA) is 0 Å². The summed E-state index contributed by atoms with van der Waals surface area (Å²) < 4.78 is 0. The predicted octanol–water partition coefficient (Wildman–Crippen LogP) is 2.96. The Balaban J connectivity index is 3.44. The molecule has 0 fully saturated rings. The second-order valence-electron chi connectivity index (χ2n) is 1.46. The molecular formula is C6H9Cl2. The third kappa shape index (κ3) is 2.58. The third-order valence-corrected chi connectivity index (χ3v) is 1.93. The van der Waals surface area contributed by atoms with Gasteiger partial charge in [-0.1, -0.05) is 13.0 Å². The summed E-state index contributed by atoms with van der Waals surface area (Å²) in [6, 6.07) is 0. The van der Waals surface area contributed by atoms with E-state index in [1.54, 1.807) is 6.08 Å². The minimum atomic E-state index is -0.0471. The number of hydrogen-bond acceptors (Lipinski definition) is 0. The van der Waals surface area contributed by atoms with Crippen molar-refractivity contribution in [2.24, 2.45) is 0 Å². The SMILES string of the molecule is C=C[C](Cl)C(Cl)CC. The number of allylic oxidation sites excluding steroid dienone is 1. The van der Waals surface area contributed by atoms with Gasteiger partial charge in [0.2, 0.25) is 0 Å². The van der Waals surface area contributed by atoms with Gasteiger partial charge in [0.1, 0.15) is 5.38 Å². The zero-order valence-electron chi connectivity index (χ0n) is 4.82. The van der Waals surface area contributed by atoms with E-state index in [4.69, 9.17) is 23.2 Å². The predicted molar refractivity (Wildman–Crippen MR) is 39.2 cm³/mol. The van der Waals surface area contributed by atoms with Crippen molar-refractivity contribution < 1.29 is 0 Å². The quantitative estimate of drug-likeness (QED) is 0.545. The van der Waals surface area contributed by atoms with Crippen LogP contribution in [0.3, 0.4) is 0 Å². The monoisotopic (exact) mass is 151 g/mol. The first kappa shape index (κ1) is 8.32. The maximum Gasteiger partial charge on any atom is 0.103 e. The van der Waals surface area contributed by atoms with Crippen LogP contribution < -0.4 is 0 Å². The molecule has 0 aliphatic carbocycles. The number of alkyl halides is 1. The molecule has 1 radical (unpaired) electrons. The van der Waals surface area contributed by atoms with Crippen LogP contribution in [0.15, 0.2) is 12.7 Å². The van der Waals surface area contributed by atoms with Gasteiger partial charge in [-0.25, -0.2) is 0 Å². The molecule has 0 rings (SSSR count). The molecule has 0 aliphatic rings. The van der Waals surface area contributed by atoms with Crippen LogP contribution in [-0.2, 0) is 0 Å². The molecule has 0 amide bonds. The highest BCUT2D eigenvalue weighted by Crippen LogP contribution is 2.20. The van der Waals surface area contributed by atoms with Crippen LogP contribution in [0.1, 0.15) is 13.3 Å². The first-order valence-electron chi connectivity index (χ1n) is 2.51. The lowest BCUT2D eigenvalue weighted by atomic mass is 10.2. The first-order valence-corrected chi connectivity index (χ1v) is 3.32. The van der Waals surface area contributed by atoms with Crippen LogP contribution in [0.5, 0.6) is 0 Å². The molecule has 0 N–H and O–H groups in total. The van der Waals surface area contributed by atoms with Crippen molar-refractivity contribution in [3.8, 4) is 0 Å². The Morgan fingerprint density at radius 2 is 2.38 bits per heavy atom. The molecular weight excluding hydrogens is 143 g/mol. The van der Waals surface area contributed by atoms with Crippen LogP contribution >= 0.6 is 23.2 Å². The van der Waals surface area contributed by atoms with Crippen molar-refractivity contribution in [1.29, 1.82) is 0 Å². The number of hydrogen-bond donors (Lipinski definition) is 0. The molecule has 0 saturated carbocycles. The second kappa shape index (κ2) is 4.22.